The number of carbonyl (C=O) groups excluding carboxylic acids is 1. The molecule has 0 saturated heterocycles. The highest BCUT2D eigenvalue weighted by Crippen LogP contribution is 2.17. The number of amides is 1. The van der Waals surface area contributed by atoms with Crippen LogP contribution in [0.5, 0.6) is 0 Å². The van der Waals surface area contributed by atoms with E-state index in [-0.39, 0.29) is 11.7 Å². The monoisotopic (exact) mass is 248 g/mol. The van der Waals surface area contributed by atoms with Gasteiger partial charge in [0.15, 0.2) is 0 Å². The predicted octanol–water partition coefficient (Wildman–Crippen LogP) is 2.65. The van der Waals surface area contributed by atoms with Crippen LogP contribution in [0.1, 0.15) is 12.8 Å². The van der Waals surface area contributed by atoms with E-state index in [2.05, 4.69) is 0 Å². The van der Waals surface area contributed by atoms with E-state index in [9.17, 15) is 9.18 Å². The molecule has 0 spiro atoms. The van der Waals surface area contributed by atoms with E-state index in [1.165, 1.54) is 12.1 Å². The number of aryl methyl sites for hydroxylation is 1. The number of hydrogen-bond acceptors (Lipinski definition) is 1. The maximum atomic E-state index is 13.2. The molecular weight excluding hydrogens is 231 g/mol. The predicted molar refractivity (Wildman–Crippen MR) is 69.8 cm³/mol. The number of fused-ring (bicyclic) bond motifs is 1. The number of benzene rings is 1. The lowest BCUT2D eigenvalue weighted by molar-refractivity contribution is -0.128. The molecule has 2 aromatic rings. The van der Waals surface area contributed by atoms with Gasteiger partial charge >= 0.3 is 0 Å². The summed E-state index contributed by atoms with van der Waals surface area (Å²) in [6.45, 7) is 0.729. The Morgan fingerprint density at radius 1 is 1.33 bits per heavy atom. The van der Waals surface area contributed by atoms with Gasteiger partial charge in [-0.15, -0.1) is 0 Å². The zero-order chi connectivity index (χ0) is 13.1. The maximum Gasteiger partial charge on any atom is 0.222 e. The lowest BCUT2D eigenvalue weighted by atomic mass is 10.2. The van der Waals surface area contributed by atoms with Crippen molar-refractivity contribution in [1.82, 2.24) is 9.47 Å². The molecule has 0 fully saturated rings. The van der Waals surface area contributed by atoms with Gasteiger partial charge < -0.3 is 9.47 Å². The Kier molecular flexibility index (Phi) is 3.65. The third-order valence-electron chi connectivity index (χ3n) is 3.02. The highest BCUT2D eigenvalue weighted by Gasteiger charge is 2.05. The van der Waals surface area contributed by atoms with Crippen LogP contribution >= 0.6 is 0 Å². The number of rotatable bonds is 4. The second-order valence-electron chi connectivity index (χ2n) is 4.60. The molecule has 0 unspecified atom stereocenters. The van der Waals surface area contributed by atoms with Crippen molar-refractivity contribution >= 4 is 16.8 Å². The fourth-order valence-electron chi connectivity index (χ4n) is 1.98. The van der Waals surface area contributed by atoms with Crippen molar-refractivity contribution in [3.63, 3.8) is 0 Å². The third kappa shape index (κ3) is 2.70. The van der Waals surface area contributed by atoms with E-state index >= 15 is 0 Å². The molecule has 18 heavy (non-hydrogen) atoms. The smallest absolute Gasteiger partial charge is 0.222 e. The molecule has 0 aliphatic carbocycles. The summed E-state index contributed by atoms with van der Waals surface area (Å²) in [5.41, 5.74) is 0.882. The summed E-state index contributed by atoms with van der Waals surface area (Å²) < 4.78 is 15.2. The zero-order valence-electron chi connectivity index (χ0n) is 10.7. The Morgan fingerprint density at radius 2 is 2.11 bits per heavy atom. The van der Waals surface area contributed by atoms with E-state index in [0.717, 1.165) is 23.9 Å². The number of hydrogen-bond donors (Lipinski definition) is 0. The molecule has 0 aliphatic heterocycles. The molecule has 4 heteroatoms. The van der Waals surface area contributed by atoms with Crippen molar-refractivity contribution in [2.45, 2.75) is 19.4 Å². The first-order valence-electron chi connectivity index (χ1n) is 6.02. The Labute approximate surface area is 106 Å². The summed E-state index contributed by atoms with van der Waals surface area (Å²) in [6, 6.07) is 6.72. The highest BCUT2D eigenvalue weighted by molar-refractivity contribution is 5.80. The van der Waals surface area contributed by atoms with Crippen LogP contribution in [0.15, 0.2) is 30.5 Å². The van der Waals surface area contributed by atoms with Gasteiger partial charge in [-0.05, 0) is 36.1 Å². The van der Waals surface area contributed by atoms with Gasteiger partial charge in [0.1, 0.15) is 5.82 Å². The van der Waals surface area contributed by atoms with Crippen molar-refractivity contribution in [2.24, 2.45) is 0 Å². The Hall–Kier alpha value is -1.84. The molecule has 0 saturated carbocycles. The number of carbonyl (C=O) groups is 1. The number of nitrogens with zero attached hydrogens (tertiary/aromatic N) is 2. The molecule has 1 aromatic heterocycles. The minimum Gasteiger partial charge on any atom is -0.349 e. The second kappa shape index (κ2) is 5.21. The van der Waals surface area contributed by atoms with Gasteiger partial charge in [-0.25, -0.2) is 4.39 Å². The van der Waals surface area contributed by atoms with E-state index in [4.69, 9.17) is 0 Å². The summed E-state index contributed by atoms with van der Waals surface area (Å²) in [4.78, 5) is 13.0. The summed E-state index contributed by atoms with van der Waals surface area (Å²) in [6.07, 6.45) is 3.21. The quantitative estimate of drug-likeness (QED) is 0.816. The average molecular weight is 248 g/mol. The van der Waals surface area contributed by atoms with Crippen LogP contribution in [0.4, 0.5) is 4.39 Å². The first-order chi connectivity index (χ1) is 8.58. The van der Waals surface area contributed by atoms with Gasteiger partial charge in [0.25, 0.3) is 0 Å². The molecule has 0 aliphatic rings. The molecule has 0 radical (unpaired) electrons. The Morgan fingerprint density at radius 3 is 2.83 bits per heavy atom. The van der Waals surface area contributed by atoms with Gasteiger partial charge in [0, 0.05) is 33.3 Å². The lowest BCUT2D eigenvalue weighted by Crippen LogP contribution is -2.21. The number of halogens is 1. The lowest BCUT2D eigenvalue weighted by Gasteiger charge is -2.10. The van der Waals surface area contributed by atoms with Crippen molar-refractivity contribution in [1.29, 1.82) is 0 Å². The van der Waals surface area contributed by atoms with E-state index in [1.54, 1.807) is 25.1 Å². The van der Waals surface area contributed by atoms with Gasteiger partial charge in [-0.3, -0.25) is 4.79 Å². The topological polar surface area (TPSA) is 25.2 Å². The minimum atomic E-state index is -0.230. The molecular formula is C14H17FN2O. The first kappa shape index (κ1) is 12.6. The molecule has 1 heterocycles. The largest absolute Gasteiger partial charge is 0.349 e. The highest BCUT2D eigenvalue weighted by atomic mass is 19.1. The number of aromatic nitrogens is 1. The SMILES string of the molecule is CN(C)C(=O)CCCn1ccc2ccc(F)cc21. The zero-order valence-corrected chi connectivity index (χ0v) is 10.7. The standard InChI is InChI=1S/C14H17FN2O/c1-16(2)14(18)4-3-8-17-9-7-11-5-6-12(15)10-13(11)17/h5-7,9-10H,3-4,8H2,1-2H3. The molecule has 1 aromatic carbocycles. The Bertz CT molecular complexity index is 560. The average Bonchev–Trinajstić information content (AvgIpc) is 2.71. The van der Waals surface area contributed by atoms with Crippen molar-refractivity contribution in [3.8, 4) is 0 Å². The van der Waals surface area contributed by atoms with Crippen LogP contribution in [0.3, 0.4) is 0 Å². The molecule has 3 nitrogen and oxygen atoms in total. The summed E-state index contributed by atoms with van der Waals surface area (Å²) >= 11 is 0. The van der Waals surface area contributed by atoms with Crippen molar-refractivity contribution in [2.75, 3.05) is 14.1 Å². The fourth-order valence-corrected chi connectivity index (χ4v) is 1.98. The van der Waals surface area contributed by atoms with Gasteiger partial charge in [-0.2, -0.15) is 0 Å². The van der Waals surface area contributed by atoms with Crippen molar-refractivity contribution < 1.29 is 9.18 Å². The van der Waals surface area contributed by atoms with Crippen LogP contribution < -0.4 is 0 Å². The summed E-state index contributed by atoms with van der Waals surface area (Å²) in [5, 5.41) is 1.02. The summed E-state index contributed by atoms with van der Waals surface area (Å²) in [5.74, 6) is -0.107. The molecule has 0 atom stereocenters. The van der Waals surface area contributed by atoms with Crippen LogP contribution in [0.25, 0.3) is 10.9 Å². The molecule has 96 valence electrons. The van der Waals surface area contributed by atoms with Gasteiger partial charge in [-0.1, -0.05) is 0 Å². The van der Waals surface area contributed by atoms with Crippen molar-refractivity contribution in [3.05, 3.63) is 36.3 Å². The molecule has 0 N–H and O–H groups in total. The second-order valence-corrected chi connectivity index (χ2v) is 4.60. The maximum absolute atomic E-state index is 13.2. The third-order valence-corrected chi connectivity index (χ3v) is 3.02. The van der Waals surface area contributed by atoms with Gasteiger partial charge in [0.05, 0.1) is 5.52 Å². The normalized spacial score (nSPS) is 10.8. The Balaban J connectivity index is 2.04. The van der Waals surface area contributed by atoms with E-state index in [1.807, 2.05) is 16.8 Å². The van der Waals surface area contributed by atoms with E-state index < -0.39 is 0 Å². The van der Waals surface area contributed by atoms with Crippen LogP contribution in [0, 0.1) is 5.82 Å². The summed E-state index contributed by atoms with van der Waals surface area (Å²) in [7, 11) is 3.51. The van der Waals surface area contributed by atoms with Crippen LogP contribution in [0.2, 0.25) is 0 Å². The van der Waals surface area contributed by atoms with Gasteiger partial charge in [0.2, 0.25) is 5.91 Å². The molecule has 0 bridgehead atoms. The first-order valence-corrected chi connectivity index (χ1v) is 6.02. The molecule has 2 rings (SSSR count). The van der Waals surface area contributed by atoms with E-state index in [0.29, 0.717) is 6.42 Å². The fraction of sp³-hybridized carbons (Fsp3) is 0.357. The molecule has 1 amide bonds. The minimum absolute atomic E-state index is 0.123. The van der Waals surface area contributed by atoms with Crippen LogP contribution in [-0.2, 0) is 11.3 Å². The van der Waals surface area contributed by atoms with Crippen LogP contribution in [-0.4, -0.2) is 29.5 Å².